The maximum absolute atomic E-state index is 4.46. The molecule has 1 aromatic heterocycles. The Kier molecular flexibility index (Phi) is 7.34. The van der Waals surface area contributed by atoms with Crippen molar-refractivity contribution < 1.29 is 0 Å². The van der Waals surface area contributed by atoms with Gasteiger partial charge >= 0.3 is 0 Å². The van der Waals surface area contributed by atoms with Gasteiger partial charge in [0.25, 0.3) is 0 Å². The van der Waals surface area contributed by atoms with Gasteiger partial charge in [0.05, 0.1) is 15.9 Å². The van der Waals surface area contributed by atoms with Crippen LogP contribution in [0.3, 0.4) is 0 Å². The summed E-state index contributed by atoms with van der Waals surface area (Å²) in [4.78, 5) is 0. The molecule has 1 atom stereocenters. The molecule has 1 aromatic rings. The SMILES string of the molecule is CCCNC(CCSC)Cc1c(Br)c(C)nn1C. The van der Waals surface area contributed by atoms with Gasteiger partial charge in [-0.05, 0) is 54.2 Å². The third-order valence-electron chi connectivity index (χ3n) is 3.05. The number of thioether (sulfide) groups is 1. The molecule has 0 saturated carbocycles. The van der Waals surface area contributed by atoms with Crippen LogP contribution in [0.25, 0.3) is 0 Å². The van der Waals surface area contributed by atoms with E-state index in [-0.39, 0.29) is 0 Å². The van der Waals surface area contributed by atoms with Crippen molar-refractivity contribution in [2.24, 2.45) is 7.05 Å². The van der Waals surface area contributed by atoms with Crippen LogP contribution in [0.15, 0.2) is 4.47 Å². The van der Waals surface area contributed by atoms with Crippen molar-refractivity contribution in [3.05, 3.63) is 15.9 Å². The minimum absolute atomic E-state index is 0.545. The Morgan fingerprint density at radius 2 is 2.22 bits per heavy atom. The summed E-state index contributed by atoms with van der Waals surface area (Å²) in [6.07, 6.45) is 5.60. The van der Waals surface area contributed by atoms with Crippen molar-refractivity contribution in [1.29, 1.82) is 0 Å². The molecule has 1 rings (SSSR count). The highest BCUT2D eigenvalue weighted by Gasteiger charge is 2.16. The molecule has 0 fully saturated rings. The molecule has 0 amide bonds. The van der Waals surface area contributed by atoms with Crippen molar-refractivity contribution in [3.8, 4) is 0 Å². The van der Waals surface area contributed by atoms with Crippen LogP contribution in [-0.4, -0.2) is 34.4 Å². The van der Waals surface area contributed by atoms with Gasteiger partial charge in [0.15, 0.2) is 0 Å². The molecule has 104 valence electrons. The molecule has 0 aliphatic heterocycles. The fourth-order valence-corrected chi connectivity index (χ4v) is 3.04. The van der Waals surface area contributed by atoms with Crippen molar-refractivity contribution in [1.82, 2.24) is 15.1 Å². The monoisotopic (exact) mass is 333 g/mol. The number of rotatable bonds is 8. The van der Waals surface area contributed by atoms with Crippen LogP contribution in [0.5, 0.6) is 0 Å². The van der Waals surface area contributed by atoms with E-state index in [9.17, 15) is 0 Å². The average molecular weight is 334 g/mol. The summed E-state index contributed by atoms with van der Waals surface area (Å²) in [5.41, 5.74) is 2.37. The number of aryl methyl sites for hydroxylation is 2. The summed E-state index contributed by atoms with van der Waals surface area (Å²) in [7, 11) is 2.03. The summed E-state index contributed by atoms with van der Waals surface area (Å²) in [6.45, 7) is 5.35. The normalized spacial score (nSPS) is 12.9. The summed E-state index contributed by atoms with van der Waals surface area (Å²) in [5, 5.41) is 8.10. The Bertz CT molecular complexity index is 357. The minimum atomic E-state index is 0.545. The van der Waals surface area contributed by atoms with Crippen LogP contribution in [0, 0.1) is 6.92 Å². The molecule has 0 bridgehead atoms. The lowest BCUT2D eigenvalue weighted by Crippen LogP contribution is -2.33. The number of nitrogens with zero attached hydrogens (tertiary/aromatic N) is 2. The lowest BCUT2D eigenvalue weighted by atomic mass is 10.1. The average Bonchev–Trinajstić information content (AvgIpc) is 2.58. The summed E-state index contributed by atoms with van der Waals surface area (Å²) in [5.74, 6) is 1.20. The largest absolute Gasteiger partial charge is 0.314 e. The highest BCUT2D eigenvalue weighted by atomic mass is 79.9. The molecule has 0 saturated heterocycles. The molecule has 3 nitrogen and oxygen atoms in total. The summed E-state index contributed by atoms with van der Waals surface area (Å²) >= 11 is 5.56. The second kappa shape index (κ2) is 8.23. The van der Waals surface area contributed by atoms with Gasteiger partial charge < -0.3 is 5.32 Å². The van der Waals surface area contributed by atoms with Crippen LogP contribution in [-0.2, 0) is 13.5 Å². The predicted molar refractivity (Wildman–Crippen MR) is 84.4 cm³/mol. The quantitative estimate of drug-likeness (QED) is 0.792. The van der Waals surface area contributed by atoms with Crippen LogP contribution >= 0.6 is 27.7 Å². The molecule has 1 N–H and O–H groups in total. The van der Waals surface area contributed by atoms with Crippen LogP contribution in [0.2, 0.25) is 0 Å². The highest BCUT2D eigenvalue weighted by Crippen LogP contribution is 2.22. The molecule has 0 aliphatic carbocycles. The zero-order valence-electron chi connectivity index (χ0n) is 11.8. The fraction of sp³-hybridized carbons (Fsp3) is 0.769. The van der Waals surface area contributed by atoms with Crippen molar-refractivity contribution in [2.45, 2.75) is 39.2 Å². The molecule has 0 spiro atoms. The van der Waals surface area contributed by atoms with E-state index in [0.717, 1.165) is 23.1 Å². The van der Waals surface area contributed by atoms with E-state index in [4.69, 9.17) is 0 Å². The molecule has 0 aromatic carbocycles. The zero-order chi connectivity index (χ0) is 13.5. The molecule has 18 heavy (non-hydrogen) atoms. The van der Waals surface area contributed by atoms with E-state index < -0.39 is 0 Å². The van der Waals surface area contributed by atoms with Crippen LogP contribution < -0.4 is 5.32 Å². The molecule has 1 unspecified atom stereocenters. The molecule has 1 heterocycles. The Hall–Kier alpha value is 0. The van der Waals surface area contributed by atoms with E-state index in [1.807, 2.05) is 30.4 Å². The third-order valence-corrected chi connectivity index (χ3v) is 4.73. The molecule has 5 heteroatoms. The predicted octanol–water partition coefficient (Wildman–Crippen LogP) is 3.15. The molecule has 0 aliphatic rings. The first-order valence-electron chi connectivity index (χ1n) is 6.50. The van der Waals surface area contributed by atoms with Gasteiger partial charge in [-0.1, -0.05) is 6.92 Å². The first-order valence-corrected chi connectivity index (χ1v) is 8.69. The van der Waals surface area contributed by atoms with Gasteiger partial charge in [-0.3, -0.25) is 4.68 Å². The van der Waals surface area contributed by atoms with Gasteiger partial charge in [0.2, 0.25) is 0 Å². The number of halogens is 1. The lowest BCUT2D eigenvalue weighted by molar-refractivity contribution is 0.483. The van der Waals surface area contributed by atoms with E-state index in [1.165, 1.54) is 24.3 Å². The number of hydrogen-bond donors (Lipinski definition) is 1. The number of nitrogens with one attached hydrogen (secondary N) is 1. The highest BCUT2D eigenvalue weighted by molar-refractivity contribution is 9.10. The van der Waals surface area contributed by atoms with Crippen molar-refractivity contribution in [2.75, 3.05) is 18.6 Å². The van der Waals surface area contributed by atoms with Crippen molar-refractivity contribution >= 4 is 27.7 Å². The summed E-state index contributed by atoms with van der Waals surface area (Å²) < 4.78 is 3.16. The van der Waals surface area contributed by atoms with Gasteiger partial charge in [-0.15, -0.1) is 0 Å². The van der Waals surface area contributed by atoms with E-state index in [1.54, 1.807) is 0 Å². The number of hydrogen-bond acceptors (Lipinski definition) is 3. The molecular formula is C13H24BrN3S. The Labute approximate surface area is 123 Å². The molecular weight excluding hydrogens is 310 g/mol. The standard InChI is InChI=1S/C13H24BrN3S/c1-5-7-15-11(6-8-18-4)9-12-13(14)10(2)16-17(12)3/h11,15H,5-9H2,1-4H3. The Morgan fingerprint density at radius 1 is 1.50 bits per heavy atom. The third kappa shape index (κ3) is 4.59. The van der Waals surface area contributed by atoms with Crippen molar-refractivity contribution in [3.63, 3.8) is 0 Å². The maximum Gasteiger partial charge on any atom is 0.0738 e. The first kappa shape index (κ1) is 16.1. The molecule has 0 radical (unpaired) electrons. The van der Waals surface area contributed by atoms with E-state index in [0.29, 0.717) is 6.04 Å². The van der Waals surface area contributed by atoms with Gasteiger partial charge in [-0.2, -0.15) is 16.9 Å². The van der Waals surface area contributed by atoms with Gasteiger partial charge in [0, 0.05) is 19.5 Å². The van der Waals surface area contributed by atoms with Gasteiger partial charge in [-0.25, -0.2) is 0 Å². The second-order valence-corrected chi connectivity index (χ2v) is 6.38. The first-order chi connectivity index (χ1) is 8.60. The number of aromatic nitrogens is 2. The second-order valence-electron chi connectivity index (χ2n) is 4.61. The Balaban J connectivity index is 2.68. The minimum Gasteiger partial charge on any atom is -0.314 e. The van der Waals surface area contributed by atoms with Crippen LogP contribution in [0.1, 0.15) is 31.2 Å². The smallest absolute Gasteiger partial charge is 0.0738 e. The summed E-state index contributed by atoms with van der Waals surface area (Å²) in [6, 6.07) is 0.545. The van der Waals surface area contributed by atoms with E-state index in [2.05, 4.69) is 39.5 Å². The fourth-order valence-electron chi connectivity index (χ4n) is 2.02. The maximum atomic E-state index is 4.46. The van der Waals surface area contributed by atoms with E-state index >= 15 is 0 Å². The Morgan fingerprint density at radius 3 is 2.72 bits per heavy atom. The lowest BCUT2D eigenvalue weighted by Gasteiger charge is -2.18. The van der Waals surface area contributed by atoms with Crippen LogP contribution in [0.4, 0.5) is 0 Å². The zero-order valence-corrected chi connectivity index (χ0v) is 14.2. The topological polar surface area (TPSA) is 29.9 Å². The van der Waals surface area contributed by atoms with Gasteiger partial charge in [0.1, 0.15) is 0 Å².